The van der Waals surface area contributed by atoms with Crippen LogP contribution in [0.5, 0.6) is 0 Å². The van der Waals surface area contributed by atoms with Crippen LogP contribution in [0.25, 0.3) is 10.7 Å². The molecule has 0 N–H and O–H groups in total. The molecule has 2 heterocycles. The Morgan fingerprint density at radius 2 is 1.73 bits per heavy atom. The maximum Gasteiger partial charge on any atom is 0.349 e. The Morgan fingerprint density at radius 1 is 1.15 bits per heavy atom. The van der Waals surface area contributed by atoms with E-state index in [1.54, 1.807) is 0 Å². The third-order valence-corrected chi connectivity index (χ3v) is 3.88. The number of halogens is 4. The van der Waals surface area contributed by atoms with E-state index in [0.29, 0.717) is 4.57 Å². The first kappa shape index (κ1) is 19.4. The third kappa shape index (κ3) is 2.89. The number of rotatable bonds is 3. The summed E-state index contributed by atoms with van der Waals surface area (Å²) in [7, 11) is 0.864. The van der Waals surface area contributed by atoms with E-state index in [9.17, 15) is 27.2 Å². The molecule has 0 aromatic carbocycles. The van der Waals surface area contributed by atoms with Crippen molar-refractivity contribution < 1.29 is 17.6 Å². The van der Waals surface area contributed by atoms with E-state index in [0.717, 1.165) is 7.05 Å². The fourth-order valence-corrected chi connectivity index (χ4v) is 2.36. The van der Waals surface area contributed by atoms with Crippen LogP contribution in [0.15, 0.2) is 21.7 Å². The largest absolute Gasteiger partial charge is 0.349 e. The van der Waals surface area contributed by atoms with Crippen molar-refractivity contribution >= 4 is 5.69 Å². The van der Waals surface area contributed by atoms with Gasteiger partial charge in [0.25, 0.3) is 5.56 Å². The summed E-state index contributed by atoms with van der Waals surface area (Å²) in [4.78, 5) is 32.0. The molecule has 0 radical (unpaired) electrons. The molecule has 2 rings (SSSR count). The molecule has 0 fully saturated rings. The third-order valence-electron chi connectivity index (χ3n) is 3.88. The summed E-state index contributed by atoms with van der Waals surface area (Å²) in [6.45, 7) is 9.98. The molecular formula is C16H14F4N4O2. The number of aromatic nitrogens is 3. The van der Waals surface area contributed by atoms with Crippen LogP contribution in [-0.4, -0.2) is 20.0 Å². The van der Waals surface area contributed by atoms with Crippen LogP contribution in [0, 0.1) is 20.4 Å². The van der Waals surface area contributed by atoms with Crippen LogP contribution in [0.1, 0.15) is 23.9 Å². The molecule has 2 aromatic rings. The van der Waals surface area contributed by atoms with Gasteiger partial charge in [0.1, 0.15) is 11.5 Å². The quantitative estimate of drug-likeness (QED) is 0.617. The highest BCUT2D eigenvalue weighted by molar-refractivity contribution is 5.54. The molecule has 0 bridgehead atoms. The van der Waals surface area contributed by atoms with E-state index in [-0.39, 0.29) is 40.3 Å². The number of pyridine rings is 1. The monoisotopic (exact) mass is 370 g/mol. The minimum atomic E-state index is -4.72. The molecule has 0 spiro atoms. The molecule has 0 aliphatic heterocycles. The molecule has 0 aliphatic carbocycles. The Balaban J connectivity index is 2.84. The topological polar surface area (TPSA) is 61.2 Å². The highest BCUT2D eigenvalue weighted by atomic mass is 19.3. The number of alkyl halides is 4. The normalized spacial score (nSPS) is 12.1. The zero-order valence-electron chi connectivity index (χ0n) is 14.3. The lowest BCUT2D eigenvalue weighted by molar-refractivity contribution is -0.208. The van der Waals surface area contributed by atoms with E-state index in [2.05, 4.69) is 9.83 Å². The first-order chi connectivity index (χ1) is 11.8. The van der Waals surface area contributed by atoms with E-state index in [1.807, 2.05) is 0 Å². The van der Waals surface area contributed by atoms with Crippen LogP contribution >= 0.6 is 0 Å². The second-order valence-corrected chi connectivity index (χ2v) is 5.85. The number of hydrogen-bond acceptors (Lipinski definition) is 3. The van der Waals surface area contributed by atoms with Gasteiger partial charge in [0.2, 0.25) is 5.69 Å². The summed E-state index contributed by atoms with van der Waals surface area (Å²) >= 11 is 0. The van der Waals surface area contributed by atoms with Gasteiger partial charge in [-0.2, -0.15) is 17.6 Å². The lowest BCUT2D eigenvalue weighted by atomic mass is 10.1. The van der Waals surface area contributed by atoms with Crippen molar-refractivity contribution in [1.82, 2.24) is 14.1 Å². The predicted molar refractivity (Wildman–Crippen MR) is 85.3 cm³/mol. The second-order valence-electron chi connectivity index (χ2n) is 5.85. The molecule has 0 saturated carbocycles. The smallest absolute Gasteiger partial charge is 0.294 e. The van der Waals surface area contributed by atoms with Gasteiger partial charge in [-0.1, -0.05) is 0 Å². The zero-order chi connectivity index (χ0) is 20.0. The number of nitrogens with zero attached hydrogens (tertiary/aromatic N) is 4. The van der Waals surface area contributed by atoms with Gasteiger partial charge in [0.05, 0.1) is 6.57 Å². The summed E-state index contributed by atoms with van der Waals surface area (Å²) in [6.07, 6.45) is 0. The fourth-order valence-electron chi connectivity index (χ4n) is 2.36. The molecule has 6 nitrogen and oxygen atoms in total. The van der Waals surface area contributed by atoms with Crippen molar-refractivity contribution in [2.45, 2.75) is 32.6 Å². The van der Waals surface area contributed by atoms with E-state index >= 15 is 0 Å². The summed E-state index contributed by atoms with van der Waals surface area (Å²) in [5.74, 6) is -9.35. The molecule has 0 saturated heterocycles. The molecule has 138 valence electrons. The highest BCUT2D eigenvalue weighted by Gasteiger charge is 2.55. The zero-order valence-corrected chi connectivity index (χ0v) is 14.3. The molecule has 0 unspecified atom stereocenters. The Labute approximate surface area is 145 Å². The Hall–Kier alpha value is -2.96. The first-order valence-corrected chi connectivity index (χ1v) is 7.28. The second kappa shape index (κ2) is 6.09. The molecule has 0 atom stereocenters. The van der Waals surface area contributed by atoms with Crippen LogP contribution in [0.3, 0.4) is 0 Å². The summed E-state index contributed by atoms with van der Waals surface area (Å²) in [6, 6.07) is 1.68. The van der Waals surface area contributed by atoms with Gasteiger partial charge in [-0.25, -0.2) is 19.2 Å². The maximum atomic E-state index is 14.0. The standard InChI is InChI=1S/C16H14F4N4O2/c1-8-6-10(21-4)9(2)22-13(8)24-12(25)7-11(23(5)14(24)26)16(19,20)15(3,17)18/h6-7H,1-3,5H3. The van der Waals surface area contributed by atoms with Gasteiger partial charge in [0, 0.05) is 25.7 Å². The van der Waals surface area contributed by atoms with Crippen LogP contribution < -0.4 is 11.2 Å². The van der Waals surface area contributed by atoms with Crippen molar-refractivity contribution in [2.24, 2.45) is 7.05 Å². The van der Waals surface area contributed by atoms with E-state index in [4.69, 9.17) is 6.57 Å². The van der Waals surface area contributed by atoms with Crippen molar-refractivity contribution in [3.63, 3.8) is 0 Å². The molecule has 2 aromatic heterocycles. The van der Waals surface area contributed by atoms with Gasteiger partial charge in [-0.3, -0.25) is 9.36 Å². The Morgan fingerprint density at radius 3 is 2.23 bits per heavy atom. The average Bonchev–Trinajstić information content (AvgIpc) is 2.52. The molecule has 26 heavy (non-hydrogen) atoms. The van der Waals surface area contributed by atoms with Crippen molar-refractivity contribution in [3.8, 4) is 5.82 Å². The van der Waals surface area contributed by atoms with Gasteiger partial charge in [-0.05, 0) is 25.5 Å². The molecule has 0 aliphatic rings. The molecule has 0 amide bonds. The van der Waals surface area contributed by atoms with Gasteiger partial charge >= 0.3 is 17.5 Å². The Kier molecular flexibility index (Phi) is 4.53. The molecular weight excluding hydrogens is 356 g/mol. The number of hydrogen-bond donors (Lipinski definition) is 0. The van der Waals surface area contributed by atoms with E-state index in [1.165, 1.54) is 19.9 Å². The summed E-state index contributed by atoms with van der Waals surface area (Å²) in [5.41, 5.74) is -3.17. The van der Waals surface area contributed by atoms with Crippen molar-refractivity contribution in [3.05, 3.63) is 61.3 Å². The summed E-state index contributed by atoms with van der Waals surface area (Å²) in [5, 5.41) is 0. The van der Waals surface area contributed by atoms with Crippen molar-refractivity contribution in [1.29, 1.82) is 0 Å². The minimum Gasteiger partial charge on any atom is -0.294 e. The van der Waals surface area contributed by atoms with Crippen molar-refractivity contribution in [2.75, 3.05) is 0 Å². The van der Waals surface area contributed by atoms with Crippen LogP contribution in [0.4, 0.5) is 23.2 Å². The lowest BCUT2D eigenvalue weighted by Gasteiger charge is -2.25. The van der Waals surface area contributed by atoms with Gasteiger partial charge in [-0.15, -0.1) is 0 Å². The highest BCUT2D eigenvalue weighted by Crippen LogP contribution is 2.41. The minimum absolute atomic E-state index is 0.00114. The SMILES string of the molecule is [C-]#[N+]c1cc(C)c(-n2c(=O)cc(C(F)(F)C(C)(F)F)n(C)c2=O)nc1C. The maximum absolute atomic E-state index is 14.0. The Bertz CT molecular complexity index is 1040. The molecule has 10 heteroatoms. The first-order valence-electron chi connectivity index (χ1n) is 7.28. The average molecular weight is 370 g/mol. The summed E-state index contributed by atoms with van der Waals surface area (Å²) < 4.78 is 55.2. The van der Waals surface area contributed by atoms with Crippen LogP contribution in [-0.2, 0) is 13.0 Å². The lowest BCUT2D eigenvalue weighted by Crippen LogP contribution is -2.46. The predicted octanol–water partition coefficient (Wildman–Crippen LogP) is 2.85. The van der Waals surface area contributed by atoms with Crippen LogP contribution in [0.2, 0.25) is 0 Å². The fraction of sp³-hybridized carbons (Fsp3) is 0.375. The van der Waals surface area contributed by atoms with Gasteiger partial charge < -0.3 is 0 Å². The van der Waals surface area contributed by atoms with Gasteiger partial charge in [0.15, 0.2) is 0 Å². The van der Waals surface area contributed by atoms with E-state index < -0.39 is 28.8 Å². The number of aryl methyl sites for hydroxylation is 2.